The number of hydrogen-bond acceptors (Lipinski definition) is 6. The molecule has 0 bridgehead atoms. The Morgan fingerprint density at radius 1 is 1.29 bits per heavy atom. The molecule has 0 spiro atoms. The highest BCUT2D eigenvalue weighted by molar-refractivity contribution is 5.54. The standard InChI is InChI=1S/C14H16N6O/c1-10-17-14(21-18-10)12-4-5-13(15-7-12)19(2)8-11-6-16-20(3)9-11/h4-7,9H,8H2,1-3H3. The quantitative estimate of drug-likeness (QED) is 0.727. The molecule has 0 radical (unpaired) electrons. The monoisotopic (exact) mass is 284 g/mol. The maximum atomic E-state index is 5.12. The van der Waals surface area contributed by atoms with Gasteiger partial charge in [-0.05, 0) is 19.1 Å². The maximum Gasteiger partial charge on any atom is 0.259 e. The summed E-state index contributed by atoms with van der Waals surface area (Å²) in [7, 11) is 3.90. The SMILES string of the molecule is Cc1noc(-c2ccc(N(C)Cc3cnn(C)c3)nc2)n1. The molecule has 0 saturated carbocycles. The fraction of sp³-hybridized carbons (Fsp3) is 0.286. The summed E-state index contributed by atoms with van der Waals surface area (Å²) in [5, 5.41) is 7.94. The Bertz CT molecular complexity index is 730. The average Bonchev–Trinajstić information content (AvgIpc) is 3.08. The second kappa shape index (κ2) is 5.35. The van der Waals surface area contributed by atoms with Crippen molar-refractivity contribution in [3.63, 3.8) is 0 Å². The van der Waals surface area contributed by atoms with Crippen LogP contribution in [0.15, 0.2) is 35.2 Å². The summed E-state index contributed by atoms with van der Waals surface area (Å²) in [4.78, 5) is 10.7. The lowest BCUT2D eigenvalue weighted by Gasteiger charge is -2.17. The van der Waals surface area contributed by atoms with Gasteiger partial charge in [-0.3, -0.25) is 4.68 Å². The Hall–Kier alpha value is -2.70. The van der Waals surface area contributed by atoms with Gasteiger partial charge in [-0.15, -0.1) is 0 Å². The molecule has 0 amide bonds. The maximum absolute atomic E-state index is 5.12. The van der Waals surface area contributed by atoms with Gasteiger partial charge in [0, 0.05) is 38.6 Å². The van der Waals surface area contributed by atoms with Crippen molar-refractivity contribution >= 4 is 5.82 Å². The predicted molar refractivity (Wildman–Crippen MR) is 77.6 cm³/mol. The minimum atomic E-state index is 0.487. The first kappa shape index (κ1) is 13.3. The van der Waals surface area contributed by atoms with Gasteiger partial charge in [0.1, 0.15) is 5.82 Å². The van der Waals surface area contributed by atoms with E-state index in [0.29, 0.717) is 11.7 Å². The van der Waals surface area contributed by atoms with Crippen LogP contribution in [0.3, 0.4) is 0 Å². The van der Waals surface area contributed by atoms with E-state index < -0.39 is 0 Å². The fourth-order valence-electron chi connectivity index (χ4n) is 2.06. The Labute approximate surface area is 122 Å². The van der Waals surface area contributed by atoms with Crippen LogP contribution in [-0.2, 0) is 13.6 Å². The Kier molecular flexibility index (Phi) is 3.39. The summed E-state index contributed by atoms with van der Waals surface area (Å²) in [5.74, 6) is 1.98. The molecule has 0 aromatic carbocycles. The minimum Gasteiger partial charge on any atom is -0.355 e. The van der Waals surface area contributed by atoms with Crippen LogP contribution < -0.4 is 4.90 Å². The van der Waals surface area contributed by atoms with Gasteiger partial charge in [0.05, 0.1) is 11.8 Å². The molecule has 3 aromatic heterocycles. The first-order chi connectivity index (χ1) is 10.1. The summed E-state index contributed by atoms with van der Waals surface area (Å²) < 4.78 is 6.91. The summed E-state index contributed by atoms with van der Waals surface area (Å²) in [6, 6.07) is 3.86. The van der Waals surface area contributed by atoms with Crippen LogP contribution in [0.2, 0.25) is 0 Å². The van der Waals surface area contributed by atoms with Crippen LogP contribution in [-0.4, -0.2) is 32.0 Å². The van der Waals surface area contributed by atoms with Crippen molar-refractivity contribution in [1.82, 2.24) is 24.9 Å². The third kappa shape index (κ3) is 2.91. The van der Waals surface area contributed by atoms with E-state index in [2.05, 4.69) is 25.1 Å². The molecule has 21 heavy (non-hydrogen) atoms. The van der Waals surface area contributed by atoms with Crippen molar-refractivity contribution in [3.05, 3.63) is 42.1 Å². The molecule has 7 nitrogen and oxygen atoms in total. The molecule has 7 heteroatoms. The highest BCUT2D eigenvalue weighted by Gasteiger charge is 2.09. The van der Waals surface area contributed by atoms with Crippen LogP contribution in [0.1, 0.15) is 11.4 Å². The normalized spacial score (nSPS) is 10.8. The third-order valence-corrected chi connectivity index (χ3v) is 3.09. The molecule has 3 heterocycles. The van der Waals surface area contributed by atoms with Crippen molar-refractivity contribution in [2.45, 2.75) is 13.5 Å². The lowest BCUT2D eigenvalue weighted by molar-refractivity contribution is 0.425. The zero-order valence-electron chi connectivity index (χ0n) is 12.2. The molecule has 3 rings (SSSR count). The van der Waals surface area contributed by atoms with Gasteiger partial charge < -0.3 is 9.42 Å². The molecule has 0 aliphatic carbocycles. The van der Waals surface area contributed by atoms with Crippen molar-refractivity contribution in [2.24, 2.45) is 7.05 Å². The van der Waals surface area contributed by atoms with E-state index in [9.17, 15) is 0 Å². The van der Waals surface area contributed by atoms with Gasteiger partial charge in [-0.1, -0.05) is 5.16 Å². The van der Waals surface area contributed by atoms with E-state index in [0.717, 1.165) is 23.5 Å². The summed E-state index contributed by atoms with van der Waals surface area (Å²) in [5.41, 5.74) is 1.95. The number of aryl methyl sites for hydroxylation is 2. The van der Waals surface area contributed by atoms with Crippen molar-refractivity contribution in [1.29, 1.82) is 0 Å². The van der Waals surface area contributed by atoms with E-state index in [4.69, 9.17) is 4.52 Å². The van der Waals surface area contributed by atoms with Crippen LogP contribution in [0.25, 0.3) is 11.5 Å². The smallest absolute Gasteiger partial charge is 0.259 e. The van der Waals surface area contributed by atoms with Crippen LogP contribution in [0, 0.1) is 6.92 Å². The molecule has 0 saturated heterocycles. The molecule has 0 aliphatic rings. The first-order valence-corrected chi connectivity index (χ1v) is 6.57. The highest BCUT2D eigenvalue weighted by atomic mass is 16.5. The van der Waals surface area contributed by atoms with Crippen LogP contribution in [0.5, 0.6) is 0 Å². The second-order valence-electron chi connectivity index (χ2n) is 4.93. The van der Waals surface area contributed by atoms with Gasteiger partial charge in [-0.25, -0.2) is 4.98 Å². The zero-order chi connectivity index (χ0) is 14.8. The summed E-state index contributed by atoms with van der Waals surface area (Å²) in [6.45, 7) is 2.54. The molecule has 0 atom stereocenters. The number of rotatable bonds is 4. The van der Waals surface area contributed by atoms with Gasteiger partial charge in [0.15, 0.2) is 5.82 Å². The molecule has 0 aliphatic heterocycles. The highest BCUT2D eigenvalue weighted by Crippen LogP contribution is 2.19. The molecular formula is C14H16N6O. The van der Waals surface area contributed by atoms with E-state index in [1.165, 1.54) is 0 Å². The molecule has 3 aromatic rings. The number of aromatic nitrogens is 5. The second-order valence-corrected chi connectivity index (χ2v) is 4.93. The van der Waals surface area contributed by atoms with E-state index in [1.807, 2.05) is 38.6 Å². The average molecular weight is 284 g/mol. The largest absolute Gasteiger partial charge is 0.355 e. The summed E-state index contributed by atoms with van der Waals surface area (Å²) in [6.07, 6.45) is 5.58. The molecular weight excluding hydrogens is 268 g/mol. The van der Waals surface area contributed by atoms with Crippen molar-refractivity contribution < 1.29 is 4.52 Å². The van der Waals surface area contributed by atoms with Crippen molar-refractivity contribution in [3.8, 4) is 11.5 Å². The Morgan fingerprint density at radius 3 is 2.71 bits per heavy atom. The van der Waals surface area contributed by atoms with E-state index in [1.54, 1.807) is 17.8 Å². The zero-order valence-corrected chi connectivity index (χ0v) is 12.2. The first-order valence-electron chi connectivity index (χ1n) is 6.57. The predicted octanol–water partition coefficient (Wildman–Crippen LogP) is 1.81. The van der Waals surface area contributed by atoms with Gasteiger partial charge in [0.25, 0.3) is 5.89 Å². The van der Waals surface area contributed by atoms with Crippen LogP contribution >= 0.6 is 0 Å². The van der Waals surface area contributed by atoms with E-state index in [-0.39, 0.29) is 0 Å². The van der Waals surface area contributed by atoms with Gasteiger partial charge in [0.2, 0.25) is 0 Å². The molecule has 108 valence electrons. The number of hydrogen-bond donors (Lipinski definition) is 0. The van der Waals surface area contributed by atoms with Gasteiger partial charge in [-0.2, -0.15) is 10.1 Å². The van der Waals surface area contributed by atoms with Crippen molar-refractivity contribution in [2.75, 3.05) is 11.9 Å². The number of anilines is 1. The third-order valence-electron chi connectivity index (χ3n) is 3.09. The topological polar surface area (TPSA) is 72.9 Å². The van der Waals surface area contributed by atoms with E-state index >= 15 is 0 Å². The Balaban J connectivity index is 1.74. The lowest BCUT2D eigenvalue weighted by atomic mass is 10.2. The molecule has 0 unspecified atom stereocenters. The van der Waals surface area contributed by atoms with Crippen LogP contribution in [0.4, 0.5) is 5.82 Å². The fourth-order valence-corrected chi connectivity index (χ4v) is 2.06. The molecule has 0 fully saturated rings. The number of nitrogens with zero attached hydrogens (tertiary/aromatic N) is 6. The van der Waals surface area contributed by atoms with Gasteiger partial charge >= 0.3 is 0 Å². The number of pyridine rings is 1. The minimum absolute atomic E-state index is 0.487. The Morgan fingerprint density at radius 2 is 2.14 bits per heavy atom. The molecule has 0 N–H and O–H groups in total. The summed E-state index contributed by atoms with van der Waals surface area (Å²) >= 11 is 0. The lowest BCUT2D eigenvalue weighted by Crippen LogP contribution is -2.17.